The minimum Gasteiger partial charge on any atom is -0.466 e. The highest BCUT2D eigenvalue weighted by Gasteiger charge is 2.32. The van der Waals surface area contributed by atoms with E-state index in [1.807, 2.05) is 13.0 Å². The van der Waals surface area contributed by atoms with Crippen LogP contribution in [0.25, 0.3) is 11.4 Å². The number of aryl methyl sites for hydroxylation is 2. The van der Waals surface area contributed by atoms with Crippen molar-refractivity contribution in [3.63, 3.8) is 0 Å². The second kappa shape index (κ2) is 10.0. The lowest BCUT2D eigenvalue weighted by Crippen LogP contribution is -2.41. The Morgan fingerprint density at radius 3 is 2.80 bits per heavy atom. The van der Waals surface area contributed by atoms with E-state index in [0.717, 1.165) is 55.8 Å². The summed E-state index contributed by atoms with van der Waals surface area (Å²) in [7, 11) is 1.76. The fraction of sp³-hybridized carbons (Fsp3) is 0.636. The number of hydrogen-bond acceptors (Lipinski definition) is 7. The van der Waals surface area contributed by atoms with Crippen molar-refractivity contribution < 1.29 is 14.6 Å². The molecular weight excluding hydrogens is 382 g/mol. The van der Waals surface area contributed by atoms with Crippen LogP contribution in [0.3, 0.4) is 0 Å². The molecule has 0 bridgehead atoms. The van der Waals surface area contributed by atoms with Gasteiger partial charge in [-0.3, -0.25) is 4.79 Å². The zero-order valence-electron chi connectivity index (χ0n) is 18.5. The van der Waals surface area contributed by atoms with Gasteiger partial charge >= 0.3 is 5.97 Å². The summed E-state index contributed by atoms with van der Waals surface area (Å²) in [4.78, 5) is 19.6. The first-order chi connectivity index (χ1) is 14.5. The van der Waals surface area contributed by atoms with Crippen LogP contribution < -0.4 is 4.90 Å². The van der Waals surface area contributed by atoms with Crippen molar-refractivity contribution in [2.75, 3.05) is 24.6 Å². The minimum absolute atomic E-state index is 0.0586. The van der Waals surface area contributed by atoms with Crippen LogP contribution in [0.4, 0.5) is 5.69 Å². The molecule has 3 heterocycles. The van der Waals surface area contributed by atoms with Gasteiger partial charge in [0.2, 0.25) is 0 Å². The summed E-state index contributed by atoms with van der Waals surface area (Å²) in [6.45, 7) is 8.09. The molecule has 0 amide bonds. The van der Waals surface area contributed by atoms with Gasteiger partial charge in [-0.25, -0.2) is 9.67 Å². The number of piperidine rings is 1. The van der Waals surface area contributed by atoms with Gasteiger partial charge in [-0.2, -0.15) is 0 Å². The molecule has 2 atom stereocenters. The Hall–Kier alpha value is -2.48. The van der Waals surface area contributed by atoms with Crippen molar-refractivity contribution in [1.82, 2.24) is 20.0 Å². The van der Waals surface area contributed by atoms with Crippen molar-refractivity contribution in [3.05, 3.63) is 23.5 Å². The van der Waals surface area contributed by atoms with Crippen molar-refractivity contribution in [2.24, 2.45) is 18.9 Å². The van der Waals surface area contributed by atoms with E-state index in [4.69, 9.17) is 9.72 Å². The summed E-state index contributed by atoms with van der Waals surface area (Å²) < 4.78 is 6.89. The zero-order valence-corrected chi connectivity index (χ0v) is 18.5. The van der Waals surface area contributed by atoms with Gasteiger partial charge in [-0.1, -0.05) is 19.1 Å². The Kier molecular flexibility index (Phi) is 7.42. The number of aliphatic hydroxyl groups excluding tert-OH is 1. The van der Waals surface area contributed by atoms with Crippen LogP contribution in [0.2, 0.25) is 0 Å². The van der Waals surface area contributed by atoms with E-state index in [0.29, 0.717) is 18.0 Å². The van der Waals surface area contributed by atoms with E-state index < -0.39 is 0 Å². The maximum absolute atomic E-state index is 12.4. The number of ether oxygens (including phenoxy) is 1. The second-order valence-electron chi connectivity index (χ2n) is 7.80. The average Bonchev–Trinajstić information content (AvgIpc) is 3.14. The van der Waals surface area contributed by atoms with E-state index in [-0.39, 0.29) is 24.4 Å². The van der Waals surface area contributed by atoms with Crippen LogP contribution in [0.15, 0.2) is 12.1 Å². The van der Waals surface area contributed by atoms with Crippen molar-refractivity contribution in [2.45, 2.75) is 53.1 Å². The highest BCUT2D eigenvalue weighted by molar-refractivity contribution is 5.73. The molecule has 2 aromatic rings. The van der Waals surface area contributed by atoms with E-state index in [1.165, 1.54) is 0 Å². The first kappa shape index (κ1) is 22.2. The predicted octanol–water partition coefficient (Wildman–Crippen LogP) is 2.74. The summed E-state index contributed by atoms with van der Waals surface area (Å²) in [5.41, 5.74) is 4.09. The molecule has 1 unspecified atom stereocenters. The molecule has 1 saturated heterocycles. The van der Waals surface area contributed by atoms with Gasteiger partial charge in [0.15, 0.2) is 0 Å². The number of aromatic nitrogens is 4. The first-order valence-corrected chi connectivity index (χ1v) is 10.9. The van der Waals surface area contributed by atoms with E-state index in [9.17, 15) is 9.90 Å². The number of esters is 1. The standard InChI is InChI=1S/C22H33N5O3/c1-5-16(22(29)30-7-3)15-9-8-12-27(13-15)19-11-10-18(23-17(19)6-2)21-20(14-28)26(4)25-24-21/h10-11,15-16,28H,5-9,12-14H2,1-4H3/t15?,16-/m1/s1. The molecule has 0 saturated carbocycles. The Labute approximate surface area is 178 Å². The third-order valence-corrected chi connectivity index (χ3v) is 6.02. The summed E-state index contributed by atoms with van der Waals surface area (Å²) in [5, 5.41) is 17.8. The van der Waals surface area contributed by atoms with Gasteiger partial charge < -0.3 is 14.7 Å². The number of rotatable bonds is 8. The number of hydrogen-bond donors (Lipinski definition) is 1. The Morgan fingerprint density at radius 2 is 2.13 bits per heavy atom. The molecule has 0 aromatic carbocycles. The van der Waals surface area contributed by atoms with E-state index >= 15 is 0 Å². The van der Waals surface area contributed by atoms with Gasteiger partial charge in [-0.05, 0) is 50.7 Å². The highest BCUT2D eigenvalue weighted by Crippen LogP contribution is 2.33. The second-order valence-corrected chi connectivity index (χ2v) is 7.80. The van der Waals surface area contributed by atoms with Gasteiger partial charge in [0, 0.05) is 20.1 Å². The predicted molar refractivity (Wildman–Crippen MR) is 115 cm³/mol. The molecule has 3 rings (SSSR count). The zero-order chi connectivity index (χ0) is 21.7. The molecule has 1 aliphatic rings. The number of anilines is 1. The topological polar surface area (TPSA) is 93.4 Å². The lowest BCUT2D eigenvalue weighted by Gasteiger charge is -2.38. The van der Waals surface area contributed by atoms with Gasteiger partial charge in [-0.15, -0.1) is 5.10 Å². The molecule has 1 N–H and O–H groups in total. The molecular formula is C22H33N5O3. The number of aliphatic hydroxyl groups is 1. The smallest absolute Gasteiger partial charge is 0.309 e. The molecule has 1 fully saturated rings. The summed E-state index contributed by atoms with van der Waals surface area (Å²) in [6, 6.07) is 4.04. The SMILES string of the molecule is CCOC(=O)[C@H](CC)C1CCCN(c2ccc(-c3nnn(C)c3CO)nc2CC)C1. The fourth-order valence-corrected chi connectivity index (χ4v) is 4.43. The van der Waals surface area contributed by atoms with Crippen LogP contribution in [0.1, 0.15) is 51.4 Å². The molecule has 0 radical (unpaired) electrons. The van der Waals surface area contributed by atoms with Gasteiger partial charge in [0.05, 0.1) is 41.9 Å². The van der Waals surface area contributed by atoms with E-state index in [2.05, 4.69) is 35.1 Å². The summed E-state index contributed by atoms with van der Waals surface area (Å²) in [6.07, 6.45) is 3.67. The van der Waals surface area contributed by atoms with Crippen LogP contribution in [0, 0.1) is 11.8 Å². The molecule has 2 aromatic heterocycles. The van der Waals surface area contributed by atoms with Crippen molar-refractivity contribution >= 4 is 11.7 Å². The number of nitrogens with zero attached hydrogens (tertiary/aromatic N) is 5. The van der Waals surface area contributed by atoms with Crippen molar-refractivity contribution in [3.8, 4) is 11.4 Å². The van der Waals surface area contributed by atoms with Crippen LogP contribution in [0.5, 0.6) is 0 Å². The molecule has 30 heavy (non-hydrogen) atoms. The summed E-state index contributed by atoms with van der Waals surface area (Å²) in [5.74, 6) is 0.153. The monoisotopic (exact) mass is 415 g/mol. The largest absolute Gasteiger partial charge is 0.466 e. The number of carbonyl (C=O) groups is 1. The minimum atomic E-state index is -0.135. The molecule has 8 nitrogen and oxygen atoms in total. The molecule has 0 spiro atoms. The van der Waals surface area contributed by atoms with Crippen LogP contribution >= 0.6 is 0 Å². The maximum atomic E-state index is 12.4. The quantitative estimate of drug-likeness (QED) is 0.663. The normalized spacial score (nSPS) is 17.8. The number of carbonyl (C=O) groups excluding carboxylic acids is 1. The summed E-state index contributed by atoms with van der Waals surface area (Å²) >= 11 is 0. The van der Waals surface area contributed by atoms with Gasteiger partial charge in [0.25, 0.3) is 0 Å². The molecule has 1 aliphatic heterocycles. The van der Waals surface area contributed by atoms with Gasteiger partial charge in [0.1, 0.15) is 5.69 Å². The number of pyridine rings is 1. The first-order valence-electron chi connectivity index (χ1n) is 10.9. The Balaban J connectivity index is 1.85. The maximum Gasteiger partial charge on any atom is 0.309 e. The third-order valence-electron chi connectivity index (χ3n) is 6.02. The Bertz CT molecular complexity index is 866. The average molecular weight is 416 g/mol. The van der Waals surface area contributed by atoms with Crippen molar-refractivity contribution in [1.29, 1.82) is 0 Å². The lowest BCUT2D eigenvalue weighted by atomic mass is 9.83. The highest BCUT2D eigenvalue weighted by atomic mass is 16.5. The molecule has 164 valence electrons. The fourth-order valence-electron chi connectivity index (χ4n) is 4.43. The lowest BCUT2D eigenvalue weighted by molar-refractivity contribution is -0.150. The van der Waals surface area contributed by atoms with Crippen LogP contribution in [-0.2, 0) is 29.6 Å². The Morgan fingerprint density at radius 1 is 1.33 bits per heavy atom. The third kappa shape index (κ3) is 4.48. The van der Waals surface area contributed by atoms with Crippen LogP contribution in [-0.4, -0.2) is 50.8 Å². The molecule has 0 aliphatic carbocycles. The molecule has 8 heteroatoms. The van der Waals surface area contributed by atoms with E-state index in [1.54, 1.807) is 11.7 Å².